The summed E-state index contributed by atoms with van der Waals surface area (Å²) in [6.45, 7) is 0. The van der Waals surface area contributed by atoms with E-state index in [1.54, 1.807) is 6.20 Å². The molecule has 2 heteroatoms. The van der Waals surface area contributed by atoms with Gasteiger partial charge < -0.3 is 0 Å². The average molecular weight is 256 g/mol. The van der Waals surface area contributed by atoms with E-state index in [-0.39, 0.29) is 0 Å². The Balaban J connectivity index is 1.91. The summed E-state index contributed by atoms with van der Waals surface area (Å²) in [5, 5.41) is 8.80. The van der Waals surface area contributed by atoms with Gasteiger partial charge >= 0.3 is 0 Å². The van der Waals surface area contributed by atoms with E-state index < -0.39 is 0 Å². The minimum atomic E-state index is 0.679. The van der Waals surface area contributed by atoms with Gasteiger partial charge in [-0.3, -0.25) is 4.98 Å². The fraction of sp³-hybridized carbons (Fsp3) is 0. The third-order valence-electron chi connectivity index (χ3n) is 3.19. The first-order valence-corrected chi connectivity index (χ1v) is 6.39. The molecule has 0 saturated carbocycles. The lowest BCUT2D eigenvalue weighted by Crippen LogP contribution is -1.83. The molecule has 0 N–H and O–H groups in total. The van der Waals surface area contributed by atoms with Crippen molar-refractivity contribution < 1.29 is 0 Å². The number of nitrogens with zero attached hydrogens (tertiary/aromatic N) is 2. The summed E-state index contributed by atoms with van der Waals surface area (Å²) in [4.78, 5) is 4.34. The Hall–Kier alpha value is -2.92. The van der Waals surface area contributed by atoms with Crippen LogP contribution in [0.4, 0.5) is 0 Å². The van der Waals surface area contributed by atoms with Crippen LogP contribution < -0.4 is 0 Å². The van der Waals surface area contributed by atoms with Crippen molar-refractivity contribution in [3.63, 3.8) is 0 Å². The molecule has 0 saturated heterocycles. The van der Waals surface area contributed by atoms with E-state index in [0.29, 0.717) is 5.56 Å². The van der Waals surface area contributed by atoms with Crippen LogP contribution in [0.25, 0.3) is 22.4 Å². The van der Waals surface area contributed by atoms with Gasteiger partial charge in [0.25, 0.3) is 0 Å². The Morgan fingerprint density at radius 2 is 1.30 bits per heavy atom. The van der Waals surface area contributed by atoms with Crippen molar-refractivity contribution in [3.05, 3.63) is 78.5 Å². The highest BCUT2D eigenvalue weighted by Gasteiger charge is 2.01. The first kappa shape index (κ1) is 12.1. The van der Waals surface area contributed by atoms with Crippen LogP contribution in [0.2, 0.25) is 0 Å². The quantitative estimate of drug-likeness (QED) is 0.686. The van der Waals surface area contributed by atoms with E-state index in [4.69, 9.17) is 5.26 Å². The van der Waals surface area contributed by atoms with E-state index in [0.717, 1.165) is 22.4 Å². The van der Waals surface area contributed by atoms with Crippen molar-refractivity contribution >= 4 is 0 Å². The zero-order valence-corrected chi connectivity index (χ0v) is 10.8. The molecular formula is C18H12N2. The Morgan fingerprint density at radius 3 is 1.85 bits per heavy atom. The predicted octanol–water partition coefficient (Wildman–Crippen LogP) is 4.29. The highest BCUT2D eigenvalue weighted by molar-refractivity contribution is 5.69. The lowest BCUT2D eigenvalue weighted by Gasteiger charge is -2.04. The van der Waals surface area contributed by atoms with Crippen molar-refractivity contribution in [2.45, 2.75) is 0 Å². The Morgan fingerprint density at radius 1 is 0.700 bits per heavy atom. The van der Waals surface area contributed by atoms with E-state index in [1.165, 1.54) is 0 Å². The molecule has 0 atom stereocenters. The molecular weight excluding hydrogens is 244 g/mol. The van der Waals surface area contributed by atoms with Gasteiger partial charge in [-0.25, -0.2) is 0 Å². The number of benzene rings is 2. The summed E-state index contributed by atoms with van der Waals surface area (Å²) in [6, 6.07) is 23.9. The molecule has 2 aromatic carbocycles. The molecule has 1 heterocycles. The molecule has 94 valence electrons. The van der Waals surface area contributed by atoms with E-state index in [1.807, 2.05) is 42.5 Å². The molecule has 2 nitrogen and oxygen atoms in total. The van der Waals surface area contributed by atoms with Crippen LogP contribution >= 0.6 is 0 Å². The lowest BCUT2D eigenvalue weighted by atomic mass is 10.0. The highest BCUT2D eigenvalue weighted by atomic mass is 14.7. The molecule has 0 amide bonds. The zero-order valence-electron chi connectivity index (χ0n) is 10.8. The third-order valence-corrected chi connectivity index (χ3v) is 3.19. The molecule has 0 aliphatic carbocycles. The second-order valence-corrected chi connectivity index (χ2v) is 4.48. The average Bonchev–Trinajstić information content (AvgIpc) is 2.56. The standard InChI is InChI=1S/C18H12N2/c19-13-14-4-6-15(7-5-14)16-8-10-17(11-9-16)18-3-1-2-12-20-18/h1-12H. The van der Waals surface area contributed by atoms with Gasteiger partial charge in [0.05, 0.1) is 17.3 Å². The fourth-order valence-corrected chi connectivity index (χ4v) is 2.10. The van der Waals surface area contributed by atoms with Gasteiger partial charge in [0.2, 0.25) is 0 Å². The molecule has 0 fully saturated rings. The number of hydrogen-bond donors (Lipinski definition) is 0. The van der Waals surface area contributed by atoms with Gasteiger partial charge in [-0.2, -0.15) is 5.26 Å². The number of pyridine rings is 1. The molecule has 1 aromatic heterocycles. The maximum atomic E-state index is 8.80. The van der Waals surface area contributed by atoms with Gasteiger partial charge in [-0.05, 0) is 35.4 Å². The van der Waals surface area contributed by atoms with Crippen molar-refractivity contribution in [2.24, 2.45) is 0 Å². The topological polar surface area (TPSA) is 36.7 Å². The van der Waals surface area contributed by atoms with Crippen molar-refractivity contribution in [2.75, 3.05) is 0 Å². The minimum Gasteiger partial charge on any atom is -0.256 e. The van der Waals surface area contributed by atoms with Crippen LogP contribution in [0.1, 0.15) is 5.56 Å². The lowest BCUT2D eigenvalue weighted by molar-refractivity contribution is 1.33. The maximum absolute atomic E-state index is 8.80. The Labute approximate surface area is 118 Å². The Kier molecular flexibility index (Phi) is 3.26. The molecule has 3 aromatic rings. The first-order valence-electron chi connectivity index (χ1n) is 6.39. The molecule has 0 aliphatic heterocycles. The molecule has 20 heavy (non-hydrogen) atoms. The van der Waals surface area contributed by atoms with Gasteiger partial charge in [-0.1, -0.05) is 42.5 Å². The second-order valence-electron chi connectivity index (χ2n) is 4.48. The van der Waals surface area contributed by atoms with Gasteiger partial charge in [0.15, 0.2) is 0 Å². The smallest absolute Gasteiger partial charge is 0.0991 e. The van der Waals surface area contributed by atoms with Crippen molar-refractivity contribution in [1.29, 1.82) is 5.26 Å². The maximum Gasteiger partial charge on any atom is 0.0991 e. The van der Waals surface area contributed by atoms with Crippen LogP contribution in [-0.2, 0) is 0 Å². The third kappa shape index (κ3) is 2.43. The Bertz CT molecular complexity index is 736. The number of rotatable bonds is 2. The van der Waals surface area contributed by atoms with Crippen LogP contribution in [0, 0.1) is 11.3 Å². The van der Waals surface area contributed by atoms with Crippen LogP contribution in [-0.4, -0.2) is 4.98 Å². The van der Waals surface area contributed by atoms with Gasteiger partial charge in [0, 0.05) is 11.8 Å². The summed E-state index contributed by atoms with van der Waals surface area (Å²) in [5.74, 6) is 0. The van der Waals surface area contributed by atoms with Gasteiger partial charge in [0.1, 0.15) is 0 Å². The first-order chi connectivity index (χ1) is 9.86. The largest absolute Gasteiger partial charge is 0.256 e. The van der Waals surface area contributed by atoms with Gasteiger partial charge in [-0.15, -0.1) is 0 Å². The van der Waals surface area contributed by atoms with Crippen molar-refractivity contribution in [1.82, 2.24) is 4.98 Å². The molecule has 0 unspecified atom stereocenters. The molecule has 0 bridgehead atoms. The van der Waals surface area contributed by atoms with E-state index >= 15 is 0 Å². The summed E-state index contributed by atoms with van der Waals surface area (Å²) in [6.07, 6.45) is 1.80. The van der Waals surface area contributed by atoms with Crippen LogP contribution in [0.15, 0.2) is 72.9 Å². The van der Waals surface area contributed by atoms with E-state index in [9.17, 15) is 0 Å². The SMILES string of the molecule is N#Cc1ccc(-c2ccc(-c3ccccn3)cc2)cc1. The van der Waals surface area contributed by atoms with E-state index in [2.05, 4.69) is 35.3 Å². The summed E-state index contributed by atoms with van der Waals surface area (Å²) in [5.41, 5.74) is 4.99. The summed E-state index contributed by atoms with van der Waals surface area (Å²) >= 11 is 0. The molecule has 0 radical (unpaired) electrons. The fourth-order valence-electron chi connectivity index (χ4n) is 2.10. The predicted molar refractivity (Wildman–Crippen MR) is 79.8 cm³/mol. The molecule has 3 rings (SSSR count). The summed E-state index contributed by atoms with van der Waals surface area (Å²) < 4.78 is 0. The highest BCUT2D eigenvalue weighted by Crippen LogP contribution is 2.23. The second kappa shape index (κ2) is 5.38. The van der Waals surface area contributed by atoms with Crippen LogP contribution in [0.5, 0.6) is 0 Å². The molecule has 0 aliphatic rings. The van der Waals surface area contributed by atoms with Crippen LogP contribution in [0.3, 0.4) is 0 Å². The summed E-state index contributed by atoms with van der Waals surface area (Å²) in [7, 11) is 0. The monoisotopic (exact) mass is 256 g/mol. The normalized spacial score (nSPS) is 9.95. The number of nitriles is 1. The molecule has 0 spiro atoms. The van der Waals surface area contributed by atoms with Crippen molar-refractivity contribution in [3.8, 4) is 28.5 Å². The minimum absolute atomic E-state index is 0.679. The number of hydrogen-bond acceptors (Lipinski definition) is 2. The number of aromatic nitrogens is 1. The zero-order chi connectivity index (χ0) is 13.8.